The average molecular weight is 291 g/mol. The van der Waals surface area contributed by atoms with E-state index in [1.54, 1.807) is 6.07 Å². The molecule has 19 heavy (non-hydrogen) atoms. The molecule has 1 aliphatic heterocycles. The Morgan fingerprint density at radius 3 is 2.53 bits per heavy atom. The molecule has 0 unspecified atom stereocenters. The summed E-state index contributed by atoms with van der Waals surface area (Å²) in [5, 5.41) is 3.29. The van der Waals surface area contributed by atoms with Gasteiger partial charge in [-0.1, -0.05) is 19.4 Å². The lowest BCUT2D eigenvalue weighted by molar-refractivity contribution is 0.161. The summed E-state index contributed by atoms with van der Waals surface area (Å²) in [6.07, 6.45) is 1.90. The topological polar surface area (TPSA) is 15.3 Å². The summed E-state index contributed by atoms with van der Waals surface area (Å²) in [5.74, 6) is -0.932. The molecule has 1 aromatic carbocycles. The van der Waals surface area contributed by atoms with E-state index in [1.807, 2.05) is 0 Å². The predicted molar refractivity (Wildman–Crippen MR) is 75.7 cm³/mol. The first kappa shape index (κ1) is 16.3. The number of piperazine rings is 1. The Labute approximate surface area is 119 Å². The van der Waals surface area contributed by atoms with Gasteiger partial charge in [0.05, 0.1) is 0 Å². The van der Waals surface area contributed by atoms with Crippen molar-refractivity contribution in [2.24, 2.45) is 0 Å². The Hall–Kier alpha value is -0.710. The van der Waals surface area contributed by atoms with Crippen LogP contribution in [0.4, 0.5) is 8.78 Å². The van der Waals surface area contributed by atoms with Gasteiger partial charge in [-0.2, -0.15) is 0 Å². The Balaban J connectivity index is 0.00000180. The van der Waals surface area contributed by atoms with Crippen molar-refractivity contribution < 1.29 is 8.78 Å². The number of benzene rings is 1. The second-order valence-corrected chi connectivity index (χ2v) is 4.76. The molecular formula is C14H21ClF2N2. The van der Waals surface area contributed by atoms with Gasteiger partial charge in [0, 0.05) is 43.9 Å². The molecule has 1 atom stereocenters. The highest BCUT2D eigenvalue weighted by molar-refractivity contribution is 5.85. The van der Waals surface area contributed by atoms with E-state index in [1.165, 1.54) is 6.07 Å². The molecule has 0 aromatic heterocycles. The zero-order valence-electron chi connectivity index (χ0n) is 11.2. The molecule has 2 rings (SSSR count). The van der Waals surface area contributed by atoms with Crippen LogP contribution in [0.1, 0.15) is 31.4 Å². The molecule has 1 heterocycles. The van der Waals surface area contributed by atoms with Crippen LogP contribution in [-0.4, -0.2) is 31.1 Å². The third kappa shape index (κ3) is 4.13. The Morgan fingerprint density at radius 1 is 1.26 bits per heavy atom. The van der Waals surface area contributed by atoms with E-state index in [0.29, 0.717) is 5.56 Å². The van der Waals surface area contributed by atoms with E-state index in [9.17, 15) is 8.78 Å². The summed E-state index contributed by atoms with van der Waals surface area (Å²) in [7, 11) is 0. The second-order valence-electron chi connectivity index (χ2n) is 4.76. The standard InChI is InChI=1S/C14H20F2N2.ClH/c1-2-3-14(18-8-6-17-7-9-18)12-5-4-11(15)10-13(12)16;/h4-5,10,14,17H,2-3,6-9H2,1H3;1H/t14-;/m1./s1. The van der Waals surface area contributed by atoms with Crippen molar-refractivity contribution in [3.05, 3.63) is 35.4 Å². The Morgan fingerprint density at radius 2 is 1.95 bits per heavy atom. The lowest BCUT2D eigenvalue weighted by Crippen LogP contribution is -2.45. The van der Waals surface area contributed by atoms with E-state index >= 15 is 0 Å². The summed E-state index contributed by atoms with van der Waals surface area (Å²) in [6, 6.07) is 3.99. The molecule has 0 spiro atoms. The lowest BCUT2D eigenvalue weighted by Gasteiger charge is -2.35. The largest absolute Gasteiger partial charge is 0.314 e. The van der Waals surface area contributed by atoms with Crippen LogP contribution < -0.4 is 5.32 Å². The fourth-order valence-corrected chi connectivity index (χ4v) is 2.57. The van der Waals surface area contributed by atoms with Gasteiger partial charge in [0.15, 0.2) is 0 Å². The van der Waals surface area contributed by atoms with Gasteiger partial charge in [0.25, 0.3) is 0 Å². The van der Waals surface area contributed by atoms with Crippen LogP contribution in [0.5, 0.6) is 0 Å². The third-order valence-electron chi connectivity index (χ3n) is 3.48. The fourth-order valence-electron chi connectivity index (χ4n) is 2.57. The first-order chi connectivity index (χ1) is 8.72. The number of hydrogen-bond acceptors (Lipinski definition) is 2. The maximum atomic E-state index is 13.9. The molecule has 0 amide bonds. The van der Waals surface area contributed by atoms with Crippen molar-refractivity contribution in [2.75, 3.05) is 26.2 Å². The van der Waals surface area contributed by atoms with Crippen LogP contribution in [0.15, 0.2) is 18.2 Å². The molecule has 5 heteroatoms. The normalized spacial score (nSPS) is 17.8. The number of nitrogens with zero attached hydrogens (tertiary/aromatic N) is 1. The minimum atomic E-state index is -0.508. The third-order valence-corrected chi connectivity index (χ3v) is 3.48. The van der Waals surface area contributed by atoms with Gasteiger partial charge in [-0.3, -0.25) is 4.90 Å². The molecule has 0 saturated carbocycles. The number of rotatable bonds is 4. The molecule has 108 valence electrons. The molecule has 2 nitrogen and oxygen atoms in total. The second kappa shape index (κ2) is 7.78. The highest BCUT2D eigenvalue weighted by atomic mass is 35.5. The van der Waals surface area contributed by atoms with Crippen molar-refractivity contribution in [2.45, 2.75) is 25.8 Å². The van der Waals surface area contributed by atoms with Gasteiger partial charge in [-0.15, -0.1) is 12.4 Å². The van der Waals surface area contributed by atoms with Crippen LogP contribution in [-0.2, 0) is 0 Å². The van der Waals surface area contributed by atoms with E-state index < -0.39 is 11.6 Å². The van der Waals surface area contributed by atoms with Gasteiger partial charge in [0.1, 0.15) is 11.6 Å². The van der Waals surface area contributed by atoms with Crippen molar-refractivity contribution >= 4 is 12.4 Å². The fraction of sp³-hybridized carbons (Fsp3) is 0.571. The smallest absolute Gasteiger partial charge is 0.130 e. The lowest BCUT2D eigenvalue weighted by atomic mass is 9.99. The monoisotopic (exact) mass is 290 g/mol. The van der Waals surface area contributed by atoms with E-state index in [0.717, 1.165) is 45.1 Å². The van der Waals surface area contributed by atoms with E-state index in [2.05, 4.69) is 17.1 Å². The van der Waals surface area contributed by atoms with Crippen molar-refractivity contribution in [3.63, 3.8) is 0 Å². The van der Waals surface area contributed by atoms with Crippen LogP contribution in [0.2, 0.25) is 0 Å². The Bertz CT molecular complexity index is 395. The van der Waals surface area contributed by atoms with Crippen molar-refractivity contribution in [1.29, 1.82) is 0 Å². The van der Waals surface area contributed by atoms with Crippen molar-refractivity contribution in [1.82, 2.24) is 10.2 Å². The minimum absolute atomic E-state index is 0. The van der Waals surface area contributed by atoms with Crippen molar-refractivity contribution in [3.8, 4) is 0 Å². The van der Waals surface area contributed by atoms with E-state index in [4.69, 9.17) is 0 Å². The molecule has 0 bridgehead atoms. The molecule has 1 aromatic rings. The molecular weight excluding hydrogens is 270 g/mol. The summed E-state index contributed by atoms with van der Waals surface area (Å²) in [5.41, 5.74) is 0.625. The first-order valence-corrected chi connectivity index (χ1v) is 6.62. The number of hydrogen-bond donors (Lipinski definition) is 1. The van der Waals surface area contributed by atoms with Crippen LogP contribution in [0.25, 0.3) is 0 Å². The highest BCUT2D eigenvalue weighted by Crippen LogP contribution is 2.28. The Kier molecular flexibility index (Phi) is 6.69. The SMILES string of the molecule is CCC[C@H](c1ccc(F)cc1F)N1CCNCC1.Cl. The maximum Gasteiger partial charge on any atom is 0.130 e. The number of nitrogens with one attached hydrogen (secondary N) is 1. The summed E-state index contributed by atoms with van der Waals surface area (Å²) in [4.78, 5) is 2.29. The molecule has 1 fully saturated rings. The van der Waals surface area contributed by atoms with Gasteiger partial charge in [0.2, 0.25) is 0 Å². The molecule has 0 aliphatic carbocycles. The molecule has 0 radical (unpaired) electrons. The molecule has 1 aliphatic rings. The average Bonchev–Trinajstić information content (AvgIpc) is 2.38. The predicted octanol–water partition coefficient (Wildman–Crippen LogP) is 3.13. The summed E-state index contributed by atoms with van der Waals surface area (Å²) < 4.78 is 26.9. The minimum Gasteiger partial charge on any atom is -0.314 e. The first-order valence-electron chi connectivity index (χ1n) is 6.62. The summed E-state index contributed by atoms with van der Waals surface area (Å²) >= 11 is 0. The van der Waals surface area contributed by atoms with Gasteiger partial charge in [-0.25, -0.2) is 8.78 Å². The highest BCUT2D eigenvalue weighted by Gasteiger charge is 2.23. The summed E-state index contributed by atoms with van der Waals surface area (Å²) in [6.45, 7) is 5.80. The maximum absolute atomic E-state index is 13.9. The zero-order chi connectivity index (χ0) is 13.0. The van der Waals surface area contributed by atoms with Crippen LogP contribution >= 0.6 is 12.4 Å². The van der Waals surface area contributed by atoms with Gasteiger partial charge < -0.3 is 5.32 Å². The van der Waals surface area contributed by atoms with Crippen LogP contribution in [0.3, 0.4) is 0 Å². The van der Waals surface area contributed by atoms with E-state index in [-0.39, 0.29) is 18.4 Å². The molecule has 1 N–H and O–H groups in total. The van der Waals surface area contributed by atoms with Gasteiger partial charge >= 0.3 is 0 Å². The molecule has 1 saturated heterocycles. The van der Waals surface area contributed by atoms with Gasteiger partial charge in [-0.05, 0) is 12.5 Å². The quantitative estimate of drug-likeness (QED) is 0.916. The van der Waals surface area contributed by atoms with Crippen LogP contribution in [0, 0.1) is 11.6 Å². The number of halogens is 3. The zero-order valence-corrected chi connectivity index (χ0v) is 12.0.